The molecule has 0 atom stereocenters. The summed E-state index contributed by atoms with van der Waals surface area (Å²) in [6, 6.07) is 3.57. The van der Waals surface area contributed by atoms with Crippen LogP contribution in [0.3, 0.4) is 0 Å². The molecule has 5 heteroatoms. The summed E-state index contributed by atoms with van der Waals surface area (Å²) in [5.41, 5.74) is 1.01. The smallest absolute Gasteiger partial charge is 0.135 e. The van der Waals surface area contributed by atoms with Gasteiger partial charge < -0.3 is 9.88 Å². The molecule has 0 amide bonds. The molecule has 0 aliphatic heterocycles. The van der Waals surface area contributed by atoms with Crippen LogP contribution in [0.2, 0.25) is 0 Å². The highest BCUT2D eigenvalue weighted by Crippen LogP contribution is 2.23. The average molecular weight is 251 g/mol. The molecule has 0 radical (unpaired) electrons. The summed E-state index contributed by atoms with van der Waals surface area (Å²) in [6.07, 6.45) is 2.37. The third-order valence-electron chi connectivity index (χ3n) is 2.89. The van der Waals surface area contributed by atoms with Crippen molar-refractivity contribution >= 4 is 0 Å². The van der Waals surface area contributed by atoms with E-state index < -0.39 is 11.6 Å². The highest BCUT2D eigenvalue weighted by atomic mass is 19.1. The first-order chi connectivity index (χ1) is 8.63. The molecule has 0 aliphatic rings. The van der Waals surface area contributed by atoms with Crippen molar-refractivity contribution in [2.45, 2.75) is 6.42 Å². The first kappa shape index (κ1) is 12.7. The van der Waals surface area contributed by atoms with Gasteiger partial charge in [-0.25, -0.2) is 13.8 Å². The molecule has 0 saturated carbocycles. The highest BCUT2D eigenvalue weighted by molar-refractivity contribution is 5.60. The highest BCUT2D eigenvalue weighted by Gasteiger charge is 2.12. The molecule has 18 heavy (non-hydrogen) atoms. The summed E-state index contributed by atoms with van der Waals surface area (Å²) in [6.45, 7) is 0.802. The monoisotopic (exact) mass is 251 g/mol. The van der Waals surface area contributed by atoms with E-state index in [1.165, 1.54) is 12.1 Å². The van der Waals surface area contributed by atoms with Gasteiger partial charge >= 0.3 is 0 Å². The van der Waals surface area contributed by atoms with Crippen molar-refractivity contribution in [3.05, 3.63) is 41.9 Å². The van der Waals surface area contributed by atoms with Gasteiger partial charge in [-0.2, -0.15) is 0 Å². The predicted octanol–water partition coefficient (Wildman–Crippen LogP) is 2.13. The SMILES string of the molecule is CNCCc1ncc(-c2ccc(F)cc2F)n1C. The largest absolute Gasteiger partial charge is 0.331 e. The number of likely N-dealkylation sites (N-methyl/N-ethyl adjacent to an activating group) is 1. The van der Waals surface area contributed by atoms with Crippen molar-refractivity contribution in [2.24, 2.45) is 7.05 Å². The van der Waals surface area contributed by atoms with Crippen molar-refractivity contribution in [2.75, 3.05) is 13.6 Å². The van der Waals surface area contributed by atoms with Crippen molar-refractivity contribution in [3.63, 3.8) is 0 Å². The molecule has 0 spiro atoms. The second-order valence-electron chi connectivity index (χ2n) is 4.10. The summed E-state index contributed by atoms with van der Waals surface area (Å²) < 4.78 is 28.4. The van der Waals surface area contributed by atoms with Crippen LogP contribution in [0.4, 0.5) is 8.78 Å². The standard InChI is InChI=1S/C13H15F2N3/c1-16-6-5-13-17-8-12(18(13)2)10-4-3-9(14)7-11(10)15/h3-4,7-8,16H,5-6H2,1-2H3. The molecule has 1 heterocycles. The Morgan fingerprint density at radius 3 is 2.78 bits per heavy atom. The molecule has 2 aromatic rings. The van der Waals surface area contributed by atoms with Gasteiger partial charge in [-0.3, -0.25) is 0 Å². The fraction of sp³-hybridized carbons (Fsp3) is 0.308. The summed E-state index contributed by atoms with van der Waals surface area (Å²) in [5, 5.41) is 3.03. The number of imidazole rings is 1. The number of hydrogen-bond acceptors (Lipinski definition) is 2. The average Bonchev–Trinajstić information content (AvgIpc) is 2.68. The maximum absolute atomic E-state index is 13.7. The quantitative estimate of drug-likeness (QED) is 0.902. The molecule has 1 aromatic heterocycles. The zero-order valence-electron chi connectivity index (χ0n) is 10.4. The number of halogens is 2. The van der Waals surface area contributed by atoms with E-state index in [2.05, 4.69) is 10.3 Å². The Morgan fingerprint density at radius 2 is 2.11 bits per heavy atom. The van der Waals surface area contributed by atoms with Crippen molar-refractivity contribution in [3.8, 4) is 11.3 Å². The van der Waals surface area contributed by atoms with E-state index in [9.17, 15) is 8.78 Å². The van der Waals surface area contributed by atoms with E-state index in [4.69, 9.17) is 0 Å². The van der Waals surface area contributed by atoms with Crippen LogP contribution in [0.1, 0.15) is 5.82 Å². The van der Waals surface area contributed by atoms with E-state index in [0.29, 0.717) is 11.3 Å². The molecular formula is C13H15F2N3. The van der Waals surface area contributed by atoms with Gasteiger partial charge in [0.05, 0.1) is 11.9 Å². The third-order valence-corrected chi connectivity index (χ3v) is 2.89. The summed E-state index contributed by atoms with van der Waals surface area (Å²) in [7, 11) is 3.69. The Kier molecular flexibility index (Phi) is 3.72. The number of nitrogens with zero attached hydrogens (tertiary/aromatic N) is 2. The van der Waals surface area contributed by atoms with E-state index in [1.54, 1.807) is 6.20 Å². The molecular weight excluding hydrogens is 236 g/mol. The van der Waals surface area contributed by atoms with Gasteiger partial charge in [-0.15, -0.1) is 0 Å². The van der Waals surface area contributed by atoms with Gasteiger partial charge in [0.2, 0.25) is 0 Å². The van der Waals surface area contributed by atoms with E-state index in [0.717, 1.165) is 24.9 Å². The van der Waals surface area contributed by atoms with Crippen LogP contribution in [-0.2, 0) is 13.5 Å². The first-order valence-corrected chi connectivity index (χ1v) is 5.74. The number of nitrogens with one attached hydrogen (secondary N) is 1. The second-order valence-corrected chi connectivity index (χ2v) is 4.10. The molecule has 96 valence electrons. The molecule has 0 aliphatic carbocycles. The lowest BCUT2D eigenvalue weighted by Gasteiger charge is -2.07. The Labute approximate surface area is 104 Å². The zero-order valence-corrected chi connectivity index (χ0v) is 10.4. The normalized spacial score (nSPS) is 10.9. The number of benzene rings is 1. The minimum Gasteiger partial charge on any atom is -0.331 e. The maximum atomic E-state index is 13.7. The lowest BCUT2D eigenvalue weighted by atomic mass is 10.1. The molecule has 3 nitrogen and oxygen atoms in total. The summed E-state index contributed by atoms with van der Waals surface area (Å²) in [5.74, 6) is -0.282. The Bertz CT molecular complexity index is 549. The van der Waals surface area contributed by atoms with Crippen LogP contribution in [0.15, 0.2) is 24.4 Å². The lowest BCUT2D eigenvalue weighted by molar-refractivity contribution is 0.584. The molecule has 0 saturated heterocycles. The fourth-order valence-corrected chi connectivity index (χ4v) is 1.86. The van der Waals surface area contributed by atoms with Gasteiger partial charge in [0.25, 0.3) is 0 Å². The zero-order chi connectivity index (χ0) is 13.1. The topological polar surface area (TPSA) is 29.9 Å². The minimum atomic E-state index is -0.575. The third kappa shape index (κ3) is 2.41. The molecule has 2 rings (SSSR count). The molecule has 1 aromatic carbocycles. The van der Waals surface area contributed by atoms with E-state index >= 15 is 0 Å². The van der Waals surface area contributed by atoms with Crippen molar-refractivity contribution in [1.82, 2.24) is 14.9 Å². The van der Waals surface area contributed by atoms with Crippen LogP contribution in [0, 0.1) is 11.6 Å². The van der Waals surface area contributed by atoms with Crippen molar-refractivity contribution < 1.29 is 8.78 Å². The van der Waals surface area contributed by atoms with Crippen molar-refractivity contribution in [1.29, 1.82) is 0 Å². The fourth-order valence-electron chi connectivity index (χ4n) is 1.86. The maximum Gasteiger partial charge on any atom is 0.135 e. The predicted molar refractivity (Wildman–Crippen MR) is 66.2 cm³/mol. The van der Waals surface area contributed by atoms with Gasteiger partial charge in [0, 0.05) is 31.6 Å². The van der Waals surface area contributed by atoms with E-state index in [1.807, 2.05) is 18.7 Å². The van der Waals surface area contributed by atoms with E-state index in [-0.39, 0.29) is 0 Å². The van der Waals surface area contributed by atoms with Gasteiger partial charge in [0.1, 0.15) is 17.5 Å². The molecule has 0 fully saturated rings. The van der Waals surface area contributed by atoms with Crippen LogP contribution in [-0.4, -0.2) is 23.1 Å². The van der Waals surface area contributed by atoms with Crippen LogP contribution < -0.4 is 5.32 Å². The number of aromatic nitrogens is 2. The van der Waals surface area contributed by atoms with Crippen LogP contribution in [0.5, 0.6) is 0 Å². The van der Waals surface area contributed by atoms with Crippen LogP contribution in [0.25, 0.3) is 11.3 Å². The van der Waals surface area contributed by atoms with Gasteiger partial charge in [-0.05, 0) is 19.2 Å². The second kappa shape index (κ2) is 5.27. The Morgan fingerprint density at radius 1 is 1.33 bits per heavy atom. The minimum absolute atomic E-state index is 0.363. The number of rotatable bonds is 4. The lowest BCUT2D eigenvalue weighted by Crippen LogP contribution is -2.13. The summed E-state index contributed by atoms with van der Waals surface area (Å²) >= 11 is 0. The van der Waals surface area contributed by atoms with Gasteiger partial charge in [0.15, 0.2) is 0 Å². The Balaban J connectivity index is 2.36. The number of hydrogen-bond donors (Lipinski definition) is 1. The molecule has 0 bridgehead atoms. The van der Waals surface area contributed by atoms with Gasteiger partial charge in [-0.1, -0.05) is 0 Å². The first-order valence-electron chi connectivity index (χ1n) is 5.74. The summed E-state index contributed by atoms with van der Waals surface area (Å²) in [4.78, 5) is 4.26. The molecule has 1 N–H and O–H groups in total. The Hall–Kier alpha value is -1.75. The molecule has 0 unspecified atom stereocenters. The van der Waals surface area contributed by atoms with Crippen LogP contribution >= 0.6 is 0 Å².